The first kappa shape index (κ1) is 20.8. The van der Waals surface area contributed by atoms with Crippen LogP contribution in [0.3, 0.4) is 0 Å². The Balaban J connectivity index is 0.00000289. The van der Waals surface area contributed by atoms with E-state index in [0.29, 0.717) is 24.1 Å². The molecule has 0 spiro atoms. The molecule has 1 N–H and O–H groups in total. The van der Waals surface area contributed by atoms with Gasteiger partial charge in [-0.1, -0.05) is 37.3 Å². The van der Waals surface area contributed by atoms with Gasteiger partial charge in [0, 0.05) is 13.9 Å². The molecule has 162 valence electrons. The van der Waals surface area contributed by atoms with Crippen molar-refractivity contribution in [2.75, 3.05) is 10.2 Å². The molecule has 31 heavy (non-hydrogen) atoms. The summed E-state index contributed by atoms with van der Waals surface area (Å²) in [5, 5.41) is 3.34. The van der Waals surface area contributed by atoms with Crippen molar-refractivity contribution in [1.82, 2.24) is 15.0 Å². The molecular formula is C24H29N5O2. The number of para-hydroxylation sites is 1. The monoisotopic (exact) mass is 419 g/mol. The number of aromatic nitrogens is 3. The van der Waals surface area contributed by atoms with Crippen LogP contribution in [0.15, 0.2) is 54.6 Å². The minimum absolute atomic E-state index is 0. The lowest BCUT2D eigenvalue weighted by Gasteiger charge is -2.22. The largest absolute Gasteiger partial charge is 0.457 e. The van der Waals surface area contributed by atoms with Gasteiger partial charge in [-0.05, 0) is 56.5 Å². The predicted octanol–water partition coefficient (Wildman–Crippen LogP) is 5.30. The SMILES string of the molecule is CC[C@H]1CCC(=O)N1c1nc(C)nc(N[C@@H](C)c2ccc(Oc3ccccc3)cc2)n1.[HH]. The molecule has 0 saturated carbocycles. The number of carbonyl (C=O) groups excluding carboxylic acids is 1. The highest BCUT2D eigenvalue weighted by atomic mass is 16.5. The van der Waals surface area contributed by atoms with E-state index in [-0.39, 0.29) is 19.4 Å². The minimum Gasteiger partial charge on any atom is -0.457 e. The number of hydrogen-bond donors (Lipinski definition) is 1. The molecule has 1 aliphatic rings. The Morgan fingerprint density at radius 2 is 1.81 bits per heavy atom. The van der Waals surface area contributed by atoms with E-state index in [2.05, 4.69) is 27.2 Å². The van der Waals surface area contributed by atoms with Gasteiger partial charge in [-0.15, -0.1) is 0 Å². The summed E-state index contributed by atoms with van der Waals surface area (Å²) in [6, 6.07) is 17.7. The highest BCUT2D eigenvalue weighted by Crippen LogP contribution is 2.28. The third-order valence-corrected chi connectivity index (χ3v) is 5.45. The molecule has 1 aromatic heterocycles. The van der Waals surface area contributed by atoms with Crippen LogP contribution in [0.25, 0.3) is 0 Å². The Morgan fingerprint density at radius 1 is 1.10 bits per heavy atom. The Labute approximate surface area is 184 Å². The maximum absolute atomic E-state index is 12.4. The molecule has 0 unspecified atom stereocenters. The second-order valence-corrected chi connectivity index (χ2v) is 7.72. The zero-order chi connectivity index (χ0) is 21.8. The van der Waals surface area contributed by atoms with Gasteiger partial charge in [0.2, 0.25) is 17.8 Å². The average molecular weight is 420 g/mol. The maximum atomic E-state index is 12.4. The molecule has 1 saturated heterocycles. The number of aryl methyl sites for hydroxylation is 1. The average Bonchev–Trinajstić information content (AvgIpc) is 3.15. The summed E-state index contributed by atoms with van der Waals surface area (Å²) >= 11 is 0. The van der Waals surface area contributed by atoms with Crippen LogP contribution in [0.1, 0.15) is 52.0 Å². The maximum Gasteiger partial charge on any atom is 0.237 e. The summed E-state index contributed by atoms with van der Waals surface area (Å²) < 4.78 is 5.86. The third-order valence-electron chi connectivity index (χ3n) is 5.45. The van der Waals surface area contributed by atoms with Crippen LogP contribution in [0.4, 0.5) is 11.9 Å². The van der Waals surface area contributed by atoms with Gasteiger partial charge in [0.05, 0.1) is 6.04 Å². The Morgan fingerprint density at radius 3 is 2.52 bits per heavy atom. The van der Waals surface area contributed by atoms with Crippen LogP contribution in [0, 0.1) is 6.92 Å². The van der Waals surface area contributed by atoms with Crippen molar-refractivity contribution in [2.24, 2.45) is 0 Å². The molecule has 7 heteroatoms. The number of nitrogens with zero attached hydrogens (tertiary/aromatic N) is 4. The van der Waals surface area contributed by atoms with Gasteiger partial charge < -0.3 is 10.1 Å². The molecule has 1 amide bonds. The van der Waals surface area contributed by atoms with Gasteiger partial charge in [-0.2, -0.15) is 15.0 Å². The second kappa shape index (κ2) is 9.12. The molecule has 0 aliphatic carbocycles. The van der Waals surface area contributed by atoms with Crippen LogP contribution in [0.2, 0.25) is 0 Å². The quantitative estimate of drug-likeness (QED) is 0.560. The lowest BCUT2D eigenvalue weighted by atomic mass is 10.1. The summed E-state index contributed by atoms with van der Waals surface area (Å²) in [5.74, 6) is 3.14. The van der Waals surface area contributed by atoms with Crippen molar-refractivity contribution < 1.29 is 11.0 Å². The standard InChI is InChI=1S/C24H27N5O2.H2/c1-4-19-12-15-22(30)29(19)24-27-17(3)26-23(28-24)25-16(2)18-10-13-21(14-11-18)31-20-8-6-5-7-9-20;/h5-11,13-14,16,19H,4,12,15H2,1-3H3,(H,25,26,27,28);1H/t16-,19-;/m0./s1. The van der Waals surface area contributed by atoms with E-state index in [4.69, 9.17) is 4.74 Å². The zero-order valence-corrected chi connectivity index (χ0v) is 18.1. The van der Waals surface area contributed by atoms with Crippen molar-refractivity contribution >= 4 is 17.8 Å². The number of nitrogens with one attached hydrogen (secondary N) is 1. The number of carbonyl (C=O) groups is 1. The number of benzene rings is 2. The molecule has 3 aromatic rings. The lowest BCUT2D eigenvalue weighted by molar-refractivity contribution is -0.117. The zero-order valence-electron chi connectivity index (χ0n) is 18.1. The normalized spacial score (nSPS) is 16.9. The number of hydrogen-bond acceptors (Lipinski definition) is 6. The lowest BCUT2D eigenvalue weighted by Crippen LogP contribution is -2.34. The highest BCUT2D eigenvalue weighted by molar-refractivity contribution is 5.94. The van der Waals surface area contributed by atoms with Crippen molar-refractivity contribution in [3.63, 3.8) is 0 Å². The number of amides is 1. The predicted molar refractivity (Wildman–Crippen MR) is 122 cm³/mol. The fourth-order valence-corrected chi connectivity index (χ4v) is 3.77. The van der Waals surface area contributed by atoms with E-state index >= 15 is 0 Å². The fraction of sp³-hybridized carbons (Fsp3) is 0.333. The van der Waals surface area contributed by atoms with Gasteiger partial charge in [0.25, 0.3) is 0 Å². The first-order chi connectivity index (χ1) is 15.0. The van der Waals surface area contributed by atoms with Gasteiger partial charge in [-0.3, -0.25) is 9.69 Å². The van der Waals surface area contributed by atoms with Gasteiger partial charge in [0.15, 0.2) is 0 Å². The molecule has 7 nitrogen and oxygen atoms in total. The van der Waals surface area contributed by atoms with E-state index in [1.54, 1.807) is 4.90 Å². The molecule has 4 rings (SSSR count). The van der Waals surface area contributed by atoms with Crippen LogP contribution in [-0.2, 0) is 4.79 Å². The van der Waals surface area contributed by atoms with Crippen LogP contribution >= 0.6 is 0 Å². The summed E-state index contributed by atoms with van der Waals surface area (Å²) in [6.07, 6.45) is 2.27. The van der Waals surface area contributed by atoms with Crippen molar-refractivity contribution in [3.8, 4) is 11.5 Å². The van der Waals surface area contributed by atoms with Crippen LogP contribution in [0.5, 0.6) is 11.5 Å². The van der Waals surface area contributed by atoms with E-state index < -0.39 is 0 Å². The molecule has 2 atom stereocenters. The van der Waals surface area contributed by atoms with E-state index in [0.717, 1.165) is 29.9 Å². The Hall–Kier alpha value is -3.48. The van der Waals surface area contributed by atoms with E-state index in [9.17, 15) is 4.79 Å². The molecule has 0 bridgehead atoms. The first-order valence-electron chi connectivity index (χ1n) is 10.7. The smallest absolute Gasteiger partial charge is 0.237 e. The van der Waals surface area contributed by atoms with E-state index in [1.807, 2.05) is 68.4 Å². The summed E-state index contributed by atoms with van der Waals surface area (Å²) in [7, 11) is 0. The summed E-state index contributed by atoms with van der Waals surface area (Å²) in [4.78, 5) is 27.5. The minimum atomic E-state index is -0.0309. The molecule has 0 radical (unpaired) electrons. The van der Waals surface area contributed by atoms with Crippen LogP contribution in [-0.4, -0.2) is 26.9 Å². The van der Waals surface area contributed by atoms with Crippen molar-refractivity contribution in [2.45, 2.75) is 52.1 Å². The Bertz CT molecular complexity index is 1050. The number of ether oxygens (including phenoxy) is 1. The van der Waals surface area contributed by atoms with Gasteiger partial charge in [-0.25, -0.2) is 0 Å². The molecule has 1 aliphatic heterocycles. The third kappa shape index (κ3) is 4.82. The van der Waals surface area contributed by atoms with Crippen molar-refractivity contribution in [1.29, 1.82) is 0 Å². The van der Waals surface area contributed by atoms with Gasteiger partial charge in [0.1, 0.15) is 17.3 Å². The fourth-order valence-electron chi connectivity index (χ4n) is 3.77. The first-order valence-corrected chi connectivity index (χ1v) is 10.7. The number of rotatable bonds is 7. The van der Waals surface area contributed by atoms with E-state index in [1.165, 1.54) is 0 Å². The summed E-state index contributed by atoms with van der Waals surface area (Å²) in [6.45, 7) is 5.94. The molecule has 1 fully saturated rings. The highest BCUT2D eigenvalue weighted by Gasteiger charge is 2.33. The van der Waals surface area contributed by atoms with Crippen molar-refractivity contribution in [3.05, 3.63) is 66.0 Å². The second-order valence-electron chi connectivity index (χ2n) is 7.72. The molecular weight excluding hydrogens is 390 g/mol. The van der Waals surface area contributed by atoms with Gasteiger partial charge >= 0.3 is 0 Å². The topological polar surface area (TPSA) is 80.2 Å². The molecule has 2 aromatic carbocycles. The van der Waals surface area contributed by atoms with Crippen LogP contribution < -0.4 is 15.0 Å². The molecule has 2 heterocycles. The summed E-state index contributed by atoms with van der Waals surface area (Å²) in [5.41, 5.74) is 1.07. The Kier molecular flexibility index (Phi) is 6.11. The number of anilines is 2.